The van der Waals surface area contributed by atoms with Gasteiger partial charge in [-0.2, -0.15) is 0 Å². The SMILES string of the molecule is CCOC(=O)c1c[nH]c(=O)c2c1OC(=O)CC2c1cc(OC)c2c(c1)OCO2. The van der Waals surface area contributed by atoms with Crippen LogP contribution in [-0.4, -0.2) is 37.4 Å². The molecule has 146 valence electrons. The Morgan fingerprint density at radius 3 is 2.82 bits per heavy atom. The van der Waals surface area contributed by atoms with Gasteiger partial charge in [0.15, 0.2) is 17.2 Å². The number of rotatable bonds is 4. The number of methoxy groups -OCH3 is 1. The van der Waals surface area contributed by atoms with Crippen molar-refractivity contribution in [3.8, 4) is 23.0 Å². The average molecular weight is 387 g/mol. The second kappa shape index (κ2) is 6.91. The summed E-state index contributed by atoms with van der Waals surface area (Å²) >= 11 is 0. The van der Waals surface area contributed by atoms with Crippen LogP contribution in [0.15, 0.2) is 23.1 Å². The number of fused-ring (bicyclic) bond motifs is 2. The fourth-order valence-corrected chi connectivity index (χ4v) is 3.38. The van der Waals surface area contributed by atoms with Gasteiger partial charge in [-0.25, -0.2) is 4.79 Å². The number of carbonyl (C=O) groups excluding carboxylic acids is 2. The van der Waals surface area contributed by atoms with Crippen LogP contribution in [-0.2, 0) is 9.53 Å². The van der Waals surface area contributed by atoms with Gasteiger partial charge in [0.2, 0.25) is 12.5 Å². The number of pyridine rings is 1. The average Bonchev–Trinajstić information content (AvgIpc) is 3.15. The zero-order valence-corrected chi connectivity index (χ0v) is 15.2. The fraction of sp³-hybridized carbons (Fsp3) is 0.316. The van der Waals surface area contributed by atoms with Crippen LogP contribution in [0.25, 0.3) is 0 Å². The van der Waals surface area contributed by atoms with Crippen molar-refractivity contribution < 1.29 is 33.3 Å². The molecule has 1 aromatic carbocycles. The predicted molar refractivity (Wildman–Crippen MR) is 94.2 cm³/mol. The topological polar surface area (TPSA) is 113 Å². The molecule has 1 aromatic heterocycles. The van der Waals surface area contributed by atoms with E-state index in [2.05, 4.69) is 4.98 Å². The van der Waals surface area contributed by atoms with Crippen LogP contribution >= 0.6 is 0 Å². The van der Waals surface area contributed by atoms with Gasteiger partial charge in [0.1, 0.15) is 5.56 Å². The summed E-state index contributed by atoms with van der Waals surface area (Å²) in [5.41, 5.74) is 0.302. The Morgan fingerprint density at radius 2 is 2.07 bits per heavy atom. The first-order valence-electron chi connectivity index (χ1n) is 8.64. The van der Waals surface area contributed by atoms with Crippen molar-refractivity contribution in [2.24, 2.45) is 0 Å². The molecular weight excluding hydrogens is 370 g/mol. The van der Waals surface area contributed by atoms with Gasteiger partial charge in [-0.05, 0) is 24.6 Å². The van der Waals surface area contributed by atoms with Crippen LogP contribution in [0.4, 0.5) is 0 Å². The number of nitrogens with one attached hydrogen (secondary N) is 1. The third-order valence-electron chi connectivity index (χ3n) is 4.60. The number of esters is 2. The monoisotopic (exact) mass is 387 g/mol. The smallest absolute Gasteiger partial charge is 0.343 e. The van der Waals surface area contributed by atoms with E-state index in [9.17, 15) is 14.4 Å². The quantitative estimate of drug-likeness (QED) is 0.789. The van der Waals surface area contributed by atoms with Crippen LogP contribution in [0.3, 0.4) is 0 Å². The van der Waals surface area contributed by atoms with Crippen molar-refractivity contribution >= 4 is 11.9 Å². The lowest BCUT2D eigenvalue weighted by molar-refractivity contribution is -0.135. The van der Waals surface area contributed by atoms with Crippen LogP contribution in [0, 0.1) is 0 Å². The highest BCUT2D eigenvalue weighted by Gasteiger charge is 2.36. The maximum Gasteiger partial charge on any atom is 0.343 e. The number of benzene rings is 1. The first-order chi connectivity index (χ1) is 13.5. The van der Waals surface area contributed by atoms with Gasteiger partial charge < -0.3 is 28.7 Å². The van der Waals surface area contributed by atoms with Crippen molar-refractivity contribution in [1.29, 1.82) is 0 Å². The summed E-state index contributed by atoms with van der Waals surface area (Å²) in [5, 5.41) is 0. The highest BCUT2D eigenvalue weighted by molar-refractivity contribution is 5.94. The van der Waals surface area contributed by atoms with E-state index in [4.69, 9.17) is 23.7 Å². The maximum absolute atomic E-state index is 12.6. The fourth-order valence-electron chi connectivity index (χ4n) is 3.38. The van der Waals surface area contributed by atoms with Gasteiger partial charge in [-0.3, -0.25) is 9.59 Å². The molecule has 9 nitrogen and oxygen atoms in total. The normalized spacial score (nSPS) is 16.9. The molecule has 0 bridgehead atoms. The zero-order valence-electron chi connectivity index (χ0n) is 15.2. The molecule has 1 atom stereocenters. The van der Waals surface area contributed by atoms with Gasteiger partial charge in [0.25, 0.3) is 5.56 Å². The van der Waals surface area contributed by atoms with Crippen LogP contribution in [0.5, 0.6) is 23.0 Å². The van der Waals surface area contributed by atoms with Crippen molar-refractivity contribution in [1.82, 2.24) is 4.98 Å². The first-order valence-corrected chi connectivity index (χ1v) is 8.64. The third-order valence-corrected chi connectivity index (χ3v) is 4.60. The molecule has 2 aromatic rings. The lowest BCUT2D eigenvalue weighted by Crippen LogP contribution is -2.30. The molecule has 4 rings (SSSR count). The molecule has 0 radical (unpaired) electrons. The molecule has 0 spiro atoms. The summed E-state index contributed by atoms with van der Waals surface area (Å²) in [6, 6.07) is 3.37. The third kappa shape index (κ3) is 2.84. The minimum Gasteiger partial charge on any atom is -0.493 e. The number of aromatic nitrogens is 1. The van der Waals surface area contributed by atoms with Crippen molar-refractivity contribution in [3.63, 3.8) is 0 Å². The first kappa shape index (κ1) is 17.9. The molecule has 0 fully saturated rings. The lowest BCUT2D eigenvalue weighted by Gasteiger charge is -2.25. The number of carbonyl (C=O) groups is 2. The number of aromatic amines is 1. The van der Waals surface area contributed by atoms with Crippen LogP contribution in [0.1, 0.15) is 40.7 Å². The van der Waals surface area contributed by atoms with E-state index < -0.39 is 23.4 Å². The summed E-state index contributed by atoms with van der Waals surface area (Å²) in [7, 11) is 1.48. The Morgan fingerprint density at radius 1 is 1.25 bits per heavy atom. The Hall–Kier alpha value is -3.49. The standard InChI is InChI=1S/C19H17NO8/c1-3-25-19(23)11-7-20-18(22)15-10(6-14(21)28-16(11)15)9-4-12(24-2)17-13(5-9)26-8-27-17/h4-5,7,10H,3,6,8H2,1-2H3,(H,20,22). The second-order valence-electron chi connectivity index (χ2n) is 6.18. The largest absolute Gasteiger partial charge is 0.493 e. The Bertz CT molecular complexity index is 1030. The van der Waals surface area contributed by atoms with E-state index in [1.807, 2.05) is 0 Å². The molecule has 28 heavy (non-hydrogen) atoms. The summed E-state index contributed by atoms with van der Waals surface area (Å²) in [5.74, 6) is -0.662. The Balaban J connectivity index is 1.88. The van der Waals surface area contributed by atoms with Gasteiger partial charge in [-0.15, -0.1) is 0 Å². The van der Waals surface area contributed by atoms with Gasteiger partial charge in [-0.1, -0.05) is 0 Å². The number of hydrogen-bond donors (Lipinski definition) is 1. The van der Waals surface area contributed by atoms with E-state index in [1.54, 1.807) is 19.1 Å². The highest BCUT2D eigenvalue weighted by atomic mass is 16.7. The van der Waals surface area contributed by atoms with E-state index >= 15 is 0 Å². The minimum atomic E-state index is -0.688. The summed E-state index contributed by atoms with van der Waals surface area (Å²) < 4.78 is 26.4. The van der Waals surface area contributed by atoms with Crippen molar-refractivity contribution in [2.75, 3.05) is 20.5 Å². The van der Waals surface area contributed by atoms with Crippen molar-refractivity contribution in [2.45, 2.75) is 19.3 Å². The molecule has 0 saturated heterocycles. The molecule has 9 heteroatoms. The Labute approximate surface area is 159 Å². The van der Waals surface area contributed by atoms with Gasteiger partial charge in [0.05, 0.1) is 25.7 Å². The lowest BCUT2D eigenvalue weighted by atomic mass is 9.86. The number of ether oxygens (including phenoxy) is 5. The van der Waals surface area contributed by atoms with Crippen LogP contribution in [0.2, 0.25) is 0 Å². The van der Waals surface area contributed by atoms with Crippen LogP contribution < -0.4 is 24.5 Å². The highest BCUT2D eigenvalue weighted by Crippen LogP contribution is 2.46. The molecule has 1 unspecified atom stereocenters. The summed E-state index contributed by atoms with van der Waals surface area (Å²) in [4.78, 5) is 39.6. The van der Waals surface area contributed by atoms with Gasteiger partial charge in [0, 0.05) is 12.1 Å². The van der Waals surface area contributed by atoms with E-state index in [1.165, 1.54) is 13.3 Å². The van der Waals surface area contributed by atoms with E-state index in [0.29, 0.717) is 22.8 Å². The molecule has 2 aliphatic rings. The maximum atomic E-state index is 12.6. The summed E-state index contributed by atoms with van der Waals surface area (Å²) in [6.07, 6.45) is 1.11. The predicted octanol–water partition coefficient (Wildman–Crippen LogP) is 1.73. The molecule has 3 heterocycles. The summed E-state index contributed by atoms with van der Waals surface area (Å²) in [6.45, 7) is 1.85. The van der Waals surface area contributed by atoms with Gasteiger partial charge >= 0.3 is 11.9 Å². The molecule has 0 aliphatic carbocycles. The molecule has 1 N–H and O–H groups in total. The molecular formula is C19H17NO8. The second-order valence-corrected chi connectivity index (χ2v) is 6.18. The van der Waals surface area contributed by atoms with E-state index in [-0.39, 0.29) is 36.7 Å². The van der Waals surface area contributed by atoms with E-state index in [0.717, 1.165) is 0 Å². The minimum absolute atomic E-state index is 0.0118. The number of hydrogen-bond acceptors (Lipinski definition) is 8. The zero-order chi connectivity index (χ0) is 19.8. The van der Waals surface area contributed by atoms with Crippen molar-refractivity contribution in [3.05, 3.63) is 45.4 Å². The molecule has 0 saturated carbocycles. The number of H-pyrrole nitrogens is 1. The Kier molecular flexibility index (Phi) is 4.42. The molecule has 2 aliphatic heterocycles. The molecule has 0 amide bonds.